The maximum Gasteiger partial charge on any atom is 0.246 e. The Morgan fingerprint density at radius 1 is 0.624 bits per heavy atom. The molecule has 13 rings (SSSR count). The molecule has 6 aromatic carbocycles. The molecule has 0 unspecified atom stereocenters. The number of unbranched alkanes of at least 4 members (excludes halogenated alkanes) is 5. The molecule has 141 heavy (non-hydrogen) atoms. The molecular weight excluding hydrogens is 1820 g/mol. The molecule has 0 spiro atoms. The summed E-state index contributed by atoms with van der Waals surface area (Å²) in [6.45, 7) is 16.1. The fraction of sp³-hybridized carbons (Fsp3) is 0.455. The lowest BCUT2D eigenvalue weighted by Crippen LogP contribution is -2.49. The Hall–Kier alpha value is -12.4. The van der Waals surface area contributed by atoms with Crippen molar-refractivity contribution in [1.29, 1.82) is 5.41 Å². The Morgan fingerprint density at radius 2 is 1.36 bits per heavy atom. The van der Waals surface area contributed by atoms with Crippen LogP contribution in [0.2, 0.25) is 0 Å². The monoisotopic (exact) mass is 1960 g/mol. The Labute approximate surface area is 833 Å². The van der Waals surface area contributed by atoms with Crippen molar-refractivity contribution < 1.29 is 74.6 Å². The number of carbonyl (C=O) groups is 9. The number of amides is 7. The minimum atomic E-state index is -4.74. The number of hydrogen-bond donors (Lipinski definition) is 11. The van der Waals surface area contributed by atoms with Gasteiger partial charge in [0.15, 0.2) is 24.0 Å². The molecule has 5 aliphatic heterocycles. The number of hydrogen-bond acceptors (Lipinski definition) is 19. The third-order valence-corrected chi connectivity index (χ3v) is 29.1. The Morgan fingerprint density at radius 3 is 2.15 bits per heavy atom. The lowest BCUT2D eigenvalue weighted by molar-refractivity contribution is -0.433. The number of aryl methyl sites for hydroxylation is 1. The van der Waals surface area contributed by atoms with Crippen molar-refractivity contribution in [2.75, 3.05) is 101 Å². The van der Waals surface area contributed by atoms with E-state index in [-0.39, 0.29) is 137 Å². The number of ketones is 2. The number of anilines is 3. The summed E-state index contributed by atoms with van der Waals surface area (Å²) in [5.41, 5.74) is 29.1. The number of nitrogens with two attached hydrogens (primary N) is 2. The number of para-hydroxylation sites is 2. The normalized spacial score (nSPS) is 17.0. The van der Waals surface area contributed by atoms with E-state index in [2.05, 4.69) is 230 Å². The van der Waals surface area contributed by atoms with Gasteiger partial charge < -0.3 is 76.9 Å². The van der Waals surface area contributed by atoms with E-state index in [0.717, 1.165) is 115 Å². The standard InChI is InChI=1S/C110H138N14O15S2/c1-7-121-94-49-38-73(2)64-88(94)109(3,4)98(121)35-12-8-13-36-99-110(5,6)89-69-84(141(134,135)136)46-50-95(89)124(99)58-24-10-14-37-100(127)114-54-23-21-32-90(107(133)116-57-61-137-62-63-138-71-102(129)119-91(72-140)104(111)130)120-106(132)79(29-25-56-117-108(112)113)66-83(126)70-118-101(128)51-45-82(125)30-11-9-22-55-115-105(131)77-41-39-74(40-42-77)65-78-28-15-18-31-85(78)103-86-47-43-80(122-59-52-75-26-16-19-33-92(75)122)67-96(86)139-97-68-81(44-48-87(97)103)123-60-53-76-27-17-20-34-93(76)123/h8,12-13,15-20,26-28,31,33-36,38,43-44,46-50,64,67-69,74,77,79,90-91H,7,9-11,14,21-25,29-30,32,37,39-42,45,51-63,65-66,70-72H2,1-6H3,(H12-2,111,112,113,114,115,116,117,118,119,120,127,128,129,130,131,132,133,134,135,136,140)/p+1/t74?,77?,79-,90+,91+/m1/s1. The minimum absolute atomic E-state index is 0.000887. The molecule has 31 heteroatoms. The highest BCUT2D eigenvalue weighted by atomic mass is 32.2. The molecule has 5 heterocycles. The number of rotatable bonds is 52. The van der Waals surface area contributed by atoms with E-state index in [9.17, 15) is 56.1 Å². The van der Waals surface area contributed by atoms with Gasteiger partial charge in [0.05, 0.1) is 42.7 Å². The average Bonchev–Trinajstić information content (AvgIpc) is 1.63. The van der Waals surface area contributed by atoms with Gasteiger partial charge in [-0.25, -0.2) is 8.42 Å². The topological polar surface area (TPSA) is 415 Å². The first kappa shape index (κ1) is 106. The number of primary amides is 1. The number of thiol groups is 1. The smallest absolute Gasteiger partial charge is 0.246 e. The number of benzene rings is 7. The second-order valence-electron chi connectivity index (χ2n) is 38.7. The van der Waals surface area contributed by atoms with Gasteiger partial charge in [0.1, 0.15) is 52.5 Å². The lowest BCUT2D eigenvalue weighted by atomic mass is 9.77. The number of nitrogens with one attached hydrogen (secondary N) is 8. The maximum atomic E-state index is 14.4. The first-order chi connectivity index (χ1) is 67.9. The third-order valence-electron chi connectivity index (χ3n) is 28.0. The highest BCUT2D eigenvalue weighted by Crippen LogP contribution is 2.50. The number of Topliss-reactive ketones (excluding diaryl/α,β-unsaturated/α-hetero) is 2. The molecule has 6 aromatic rings. The van der Waals surface area contributed by atoms with Gasteiger partial charge >= 0.3 is 0 Å². The first-order valence-corrected chi connectivity index (χ1v) is 52.1. The zero-order valence-electron chi connectivity index (χ0n) is 82.2. The molecule has 750 valence electrons. The molecule has 0 bridgehead atoms. The molecule has 0 saturated heterocycles. The van der Waals surface area contributed by atoms with Crippen LogP contribution in [0.5, 0.6) is 0 Å². The van der Waals surface area contributed by atoms with Gasteiger partial charge in [0.25, 0.3) is 0 Å². The van der Waals surface area contributed by atoms with E-state index in [4.69, 9.17) is 30.8 Å². The molecule has 1 fully saturated rings. The van der Waals surface area contributed by atoms with Gasteiger partial charge in [0.2, 0.25) is 58.1 Å². The first-order valence-electron chi connectivity index (χ1n) is 50.1. The molecule has 29 nitrogen and oxygen atoms in total. The molecule has 0 radical (unpaired) electrons. The quantitative estimate of drug-likeness (QED) is 0.00246. The van der Waals surface area contributed by atoms with E-state index in [1.807, 2.05) is 38.2 Å². The third kappa shape index (κ3) is 28.1. The zero-order chi connectivity index (χ0) is 100. The van der Waals surface area contributed by atoms with Crippen LogP contribution in [0.25, 0.3) is 33.4 Å². The largest absolute Gasteiger partial charge is 0.744 e. The highest BCUT2D eigenvalue weighted by Gasteiger charge is 2.45. The van der Waals surface area contributed by atoms with Crippen molar-refractivity contribution in [3.63, 3.8) is 0 Å². The van der Waals surface area contributed by atoms with E-state index >= 15 is 0 Å². The van der Waals surface area contributed by atoms with Gasteiger partial charge in [-0.1, -0.05) is 117 Å². The Balaban J connectivity index is 0.542. The Bertz CT molecular complexity index is 6170. The van der Waals surface area contributed by atoms with Crippen molar-refractivity contribution in [3.8, 4) is 22.5 Å². The van der Waals surface area contributed by atoms with Crippen LogP contribution in [0.3, 0.4) is 0 Å². The molecule has 7 amide bonds. The summed E-state index contributed by atoms with van der Waals surface area (Å²) >= 11 is 4.03. The van der Waals surface area contributed by atoms with Crippen LogP contribution in [-0.4, -0.2) is 185 Å². The number of carbonyl (C=O) groups excluding carboxylic acids is 9. The van der Waals surface area contributed by atoms with Crippen molar-refractivity contribution >= 4 is 127 Å². The summed E-state index contributed by atoms with van der Waals surface area (Å²) in [4.78, 5) is 124. The predicted octanol–water partition coefficient (Wildman–Crippen LogP) is 13.4. The molecule has 1 saturated carbocycles. The predicted molar refractivity (Wildman–Crippen MR) is 553 cm³/mol. The summed E-state index contributed by atoms with van der Waals surface area (Å²) in [6.07, 6.45) is 21.7. The SMILES string of the molecule is CC[N+]1=C(/C=C/C=C/C=C2/N(CCCCCC(=O)NCCCC[C@H](NC(=O)[C@H](CCCNC(=N)N)CC(=O)CNC(=O)CCC(=O)CCCCCNC(=O)C3CCC(Cc4ccccc4-c4c5ccc(=[N+]6CCc7ccccc76)cc-5oc5cc(N6CCc7ccccc76)ccc45)CC3)C(=O)NCCOCCOCC(=O)N[C@@H](CS)C(N)=O)c3ccc(S(=O)(=O)[O-])cc3C2(C)C)C(C)(C)c2cc(C)ccc21. The van der Waals surface area contributed by atoms with E-state index < -0.39 is 75.4 Å². The fourth-order valence-electron chi connectivity index (χ4n) is 20.3. The van der Waals surface area contributed by atoms with Crippen LogP contribution < -0.4 is 68.4 Å². The van der Waals surface area contributed by atoms with Crippen LogP contribution in [0.15, 0.2) is 191 Å². The minimum Gasteiger partial charge on any atom is -0.744 e. The lowest BCUT2D eigenvalue weighted by Gasteiger charge is -2.29. The number of fused-ring (bicyclic) bond motifs is 6. The van der Waals surface area contributed by atoms with Crippen LogP contribution >= 0.6 is 12.6 Å². The number of guanidine groups is 1. The van der Waals surface area contributed by atoms with Crippen LogP contribution in [0, 0.1) is 30.1 Å². The summed E-state index contributed by atoms with van der Waals surface area (Å²) in [5, 5.41) is 29.4. The van der Waals surface area contributed by atoms with E-state index in [1.54, 1.807) is 6.07 Å². The van der Waals surface area contributed by atoms with Crippen LogP contribution in [0.4, 0.5) is 28.4 Å². The highest BCUT2D eigenvalue weighted by molar-refractivity contribution is 7.85. The van der Waals surface area contributed by atoms with Crippen LogP contribution in [0.1, 0.15) is 196 Å². The number of allylic oxidation sites excluding steroid dienone is 6. The summed E-state index contributed by atoms with van der Waals surface area (Å²) in [7, 11) is -4.74. The average molecular weight is 1960 g/mol. The molecule has 0 aromatic heterocycles. The second kappa shape index (κ2) is 50.3. The Kier molecular flexibility index (Phi) is 37.8. The maximum absolute atomic E-state index is 14.4. The van der Waals surface area contributed by atoms with E-state index in [0.29, 0.717) is 82.4 Å². The van der Waals surface area contributed by atoms with Gasteiger partial charge in [-0.3, -0.25) is 48.6 Å². The summed E-state index contributed by atoms with van der Waals surface area (Å²) in [5.74, 6) is -3.79. The summed E-state index contributed by atoms with van der Waals surface area (Å²) < 4.78 is 59.6. The molecule has 12 N–H and O–H groups in total. The van der Waals surface area contributed by atoms with Crippen molar-refractivity contribution in [1.82, 2.24) is 41.8 Å². The number of ether oxygens (including phenoxy) is 2. The number of nitrogens with zero attached hydrogens (tertiary/aromatic N) is 4. The second-order valence-corrected chi connectivity index (χ2v) is 40.4. The van der Waals surface area contributed by atoms with E-state index in [1.165, 1.54) is 68.3 Å². The van der Waals surface area contributed by atoms with Crippen molar-refractivity contribution in [2.24, 2.45) is 29.2 Å². The van der Waals surface area contributed by atoms with Crippen molar-refractivity contribution in [2.45, 2.75) is 217 Å². The van der Waals surface area contributed by atoms with Gasteiger partial charge in [-0.2, -0.15) is 21.8 Å². The van der Waals surface area contributed by atoms with Crippen LogP contribution in [-0.2, 0) is 92.8 Å². The van der Waals surface area contributed by atoms with Crippen molar-refractivity contribution in [3.05, 3.63) is 220 Å². The van der Waals surface area contributed by atoms with Gasteiger partial charge in [0, 0.05) is 182 Å². The van der Waals surface area contributed by atoms with Gasteiger partial charge in [-0.15, -0.1) is 0 Å². The molecular formula is C110H139N14O15S2+. The zero-order valence-corrected chi connectivity index (χ0v) is 83.9. The molecule has 7 aliphatic rings. The van der Waals surface area contributed by atoms with Gasteiger partial charge in [-0.05, 0) is 207 Å². The molecule has 2 aliphatic carbocycles. The fourth-order valence-corrected chi connectivity index (χ4v) is 21.1. The molecule has 3 atom stereocenters. The summed E-state index contributed by atoms with van der Waals surface area (Å²) in [6, 6.07) is 48.4.